The summed E-state index contributed by atoms with van der Waals surface area (Å²) in [6.07, 6.45) is 1.03. The number of carboxylic acid groups (broad SMARTS) is 1. The van der Waals surface area contributed by atoms with Crippen LogP contribution >= 0.6 is 12.4 Å². The Morgan fingerprint density at radius 3 is 2.64 bits per heavy atom. The Hall–Kier alpha value is -1.78. The molecule has 1 aromatic heterocycles. The zero-order chi connectivity index (χ0) is 15.5. The van der Waals surface area contributed by atoms with Gasteiger partial charge in [-0.15, -0.1) is 12.4 Å². The van der Waals surface area contributed by atoms with Crippen molar-refractivity contribution in [2.24, 2.45) is 0 Å². The van der Waals surface area contributed by atoms with Gasteiger partial charge in [0.2, 0.25) is 0 Å². The lowest BCUT2D eigenvalue weighted by molar-refractivity contribution is 0.0697. The van der Waals surface area contributed by atoms with Crippen LogP contribution in [0.5, 0.6) is 0 Å². The minimum atomic E-state index is -0.935. The van der Waals surface area contributed by atoms with Crippen molar-refractivity contribution in [1.82, 2.24) is 5.32 Å². The molecular weight excluding hydrogens is 302 g/mol. The van der Waals surface area contributed by atoms with Crippen LogP contribution in [0.25, 0.3) is 11.3 Å². The van der Waals surface area contributed by atoms with Gasteiger partial charge in [0.25, 0.3) is 0 Å². The summed E-state index contributed by atoms with van der Waals surface area (Å²) >= 11 is 0. The first-order chi connectivity index (χ1) is 9.91. The Bertz CT molecular complexity index is 634. The van der Waals surface area contributed by atoms with Gasteiger partial charge in [0, 0.05) is 11.1 Å². The fourth-order valence-corrected chi connectivity index (χ4v) is 1.88. The van der Waals surface area contributed by atoms with Crippen molar-refractivity contribution in [3.63, 3.8) is 0 Å². The fourth-order valence-electron chi connectivity index (χ4n) is 1.88. The Kier molecular flexibility index (Phi) is 6.21. The summed E-state index contributed by atoms with van der Waals surface area (Å²) in [7, 11) is 0. The van der Waals surface area contributed by atoms with E-state index >= 15 is 0 Å². The first-order valence-electron chi connectivity index (χ1n) is 7.09. The molecule has 5 heteroatoms. The predicted molar refractivity (Wildman–Crippen MR) is 89.6 cm³/mol. The molecule has 0 fully saturated rings. The molecule has 22 heavy (non-hydrogen) atoms. The molecule has 120 valence electrons. The van der Waals surface area contributed by atoms with Crippen molar-refractivity contribution in [3.8, 4) is 11.3 Å². The van der Waals surface area contributed by atoms with Gasteiger partial charge in [-0.05, 0) is 44.5 Å². The van der Waals surface area contributed by atoms with Gasteiger partial charge < -0.3 is 14.8 Å². The molecule has 2 N–H and O–H groups in total. The molecule has 0 aliphatic rings. The van der Waals surface area contributed by atoms with E-state index in [-0.39, 0.29) is 23.5 Å². The molecule has 0 amide bonds. The standard InChI is InChI=1S/C17H21NO3.ClH/c1-4-17(2,3)18-11-14-8-9-15(21-14)12-6-5-7-13(10-12)16(19)20;/h5-10,18H,4,11H2,1-3H3,(H,19,20);1H. The molecule has 1 aromatic carbocycles. The third-order valence-corrected chi connectivity index (χ3v) is 3.68. The summed E-state index contributed by atoms with van der Waals surface area (Å²) in [6.45, 7) is 7.08. The molecule has 0 aliphatic carbocycles. The highest BCUT2D eigenvalue weighted by atomic mass is 35.5. The van der Waals surface area contributed by atoms with Crippen LogP contribution in [0.4, 0.5) is 0 Å². The number of hydrogen-bond donors (Lipinski definition) is 2. The minimum Gasteiger partial charge on any atom is -0.478 e. The van der Waals surface area contributed by atoms with Crippen LogP contribution in [-0.4, -0.2) is 16.6 Å². The normalized spacial score (nSPS) is 11.0. The highest BCUT2D eigenvalue weighted by molar-refractivity contribution is 5.89. The number of benzene rings is 1. The molecule has 0 bridgehead atoms. The van der Waals surface area contributed by atoms with E-state index in [0.717, 1.165) is 17.7 Å². The van der Waals surface area contributed by atoms with Gasteiger partial charge in [0.15, 0.2) is 0 Å². The number of aromatic carboxylic acids is 1. The smallest absolute Gasteiger partial charge is 0.335 e. The van der Waals surface area contributed by atoms with Crippen LogP contribution in [-0.2, 0) is 6.54 Å². The van der Waals surface area contributed by atoms with Gasteiger partial charge in [-0.2, -0.15) is 0 Å². The molecule has 0 aliphatic heterocycles. The lowest BCUT2D eigenvalue weighted by Gasteiger charge is -2.23. The zero-order valence-electron chi connectivity index (χ0n) is 13.1. The van der Waals surface area contributed by atoms with Crippen molar-refractivity contribution in [1.29, 1.82) is 0 Å². The Balaban J connectivity index is 0.00000242. The number of hydrogen-bond acceptors (Lipinski definition) is 3. The monoisotopic (exact) mass is 323 g/mol. The average molecular weight is 324 g/mol. The summed E-state index contributed by atoms with van der Waals surface area (Å²) in [5.74, 6) is 0.589. The van der Waals surface area contributed by atoms with Crippen LogP contribution in [0.15, 0.2) is 40.8 Å². The summed E-state index contributed by atoms with van der Waals surface area (Å²) in [5, 5.41) is 12.5. The lowest BCUT2D eigenvalue weighted by Crippen LogP contribution is -2.37. The second-order valence-electron chi connectivity index (χ2n) is 5.74. The Labute approximate surface area is 136 Å². The van der Waals surface area contributed by atoms with Crippen molar-refractivity contribution in [3.05, 3.63) is 47.7 Å². The topological polar surface area (TPSA) is 62.5 Å². The second-order valence-corrected chi connectivity index (χ2v) is 5.74. The third kappa shape index (κ3) is 4.61. The minimum absolute atomic E-state index is 0. The largest absolute Gasteiger partial charge is 0.478 e. The molecule has 0 spiro atoms. The molecule has 0 saturated heterocycles. The van der Waals surface area contributed by atoms with Gasteiger partial charge >= 0.3 is 5.97 Å². The molecule has 0 unspecified atom stereocenters. The summed E-state index contributed by atoms with van der Waals surface area (Å²) in [6, 6.07) is 10.5. The van der Waals surface area contributed by atoms with E-state index in [0.29, 0.717) is 12.3 Å². The predicted octanol–water partition coefficient (Wildman–Crippen LogP) is 4.34. The number of halogens is 1. The summed E-state index contributed by atoms with van der Waals surface area (Å²) in [4.78, 5) is 11.0. The van der Waals surface area contributed by atoms with Crippen LogP contribution in [0.1, 0.15) is 43.3 Å². The number of carboxylic acids is 1. The third-order valence-electron chi connectivity index (χ3n) is 3.68. The lowest BCUT2D eigenvalue weighted by atomic mass is 10.0. The van der Waals surface area contributed by atoms with Gasteiger partial charge in [0.05, 0.1) is 12.1 Å². The average Bonchev–Trinajstić information content (AvgIpc) is 2.94. The maximum absolute atomic E-state index is 11.0. The molecule has 0 atom stereocenters. The summed E-state index contributed by atoms with van der Waals surface area (Å²) in [5.41, 5.74) is 1.10. The molecule has 0 radical (unpaired) electrons. The maximum Gasteiger partial charge on any atom is 0.335 e. The van der Waals surface area contributed by atoms with Crippen molar-refractivity contribution < 1.29 is 14.3 Å². The van der Waals surface area contributed by atoms with E-state index in [1.54, 1.807) is 18.2 Å². The van der Waals surface area contributed by atoms with E-state index in [4.69, 9.17) is 9.52 Å². The summed E-state index contributed by atoms with van der Waals surface area (Å²) < 4.78 is 5.79. The number of rotatable bonds is 6. The van der Waals surface area contributed by atoms with Gasteiger partial charge in [-0.3, -0.25) is 0 Å². The number of nitrogens with one attached hydrogen (secondary N) is 1. The van der Waals surface area contributed by atoms with E-state index in [1.807, 2.05) is 18.2 Å². The van der Waals surface area contributed by atoms with E-state index in [9.17, 15) is 4.79 Å². The van der Waals surface area contributed by atoms with Gasteiger partial charge in [-0.1, -0.05) is 19.1 Å². The van der Waals surface area contributed by atoms with Gasteiger partial charge in [0.1, 0.15) is 11.5 Å². The quantitative estimate of drug-likeness (QED) is 0.829. The van der Waals surface area contributed by atoms with Crippen LogP contribution < -0.4 is 5.32 Å². The van der Waals surface area contributed by atoms with Crippen LogP contribution in [0, 0.1) is 0 Å². The van der Waals surface area contributed by atoms with Crippen LogP contribution in [0.2, 0.25) is 0 Å². The molecule has 1 heterocycles. The maximum atomic E-state index is 11.0. The van der Waals surface area contributed by atoms with Crippen molar-refractivity contribution in [2.75, 3.05) is 0 Å². The molecule has 2 aromatic rings. The first kappa shape index (κ1) is 18.3. The fraction of sp³-hybridized carbons (Fsp3) is 0.353. The van der Waals surface area contributed by atoms with E-state index < -0.39 is 5.97 Å². The SMILES string of the molecule is CCC(C)(C)NCc1ccc(-c2cccc(C(=O)O)c2)o1.Cl. The van der Waals surface area contributed by atoms with E-state index in [2.05, 4.69) is 26.1 Å². The van der Waals surface area contributed by atoms with Crippen molar-refractivity contribution >= 4 is 18.4 Å². The first-order valence-corrected chi connectivity index (χ1v) is 7.09. The number of carbonyl (C=O) groups is 1. The van der Waals surface area contributed by atoms with Gasteiger partial charge in [-0.25, -0.2) is 4.79 Å². The zero-order valence-corrected chi connectivity index (χ0v) is 13.9. The highest BCUT2D eigenvalue weighted by Crippen LogP contribution is 2.23. The Morgan fingerprint density at radius 2 is 2.00 bits per heavy atom. The van der Waals surface area contributed by atoms with Crippen LogP contribution in [0.3, 0.4) is 0 Å². The highest BCUT2D eigenvalue weighted by Gasteiger charge is 2.15. The van der Waals surface area contributed by atoms with Crippen molar-refractivity contribution in [2.45, 2.75) is 39.3 Å². The Morgan fingerprint density at radius 1 is 1.27 bits per heavy atom. The van der Waals surface area contributed by atoms with E-state index in [1.165, 1.54) is 0 Å². The molecule has 0 saturated carbocycles. The molecular formula is C17H22ClNO3. The molecule has 4 nitrogen and oxygen atoms in total. The number of furan rings is 1. The second kappa shape index (κ2) is 7.47. The molecule has 2 rings (SSSR count).